The smallest absolute Gasteiger partial charge is 0.250 e. The molecule has 0 aliphatic carbocycles. The number of rotatable bonds is 3. The van der Waals surface area contributed by atoms with Crippen LogP contribution < -0.4 is 11.5 Å². The minimum atomic E-state index is -0.561. The molecule has 0 atom stereocenters. The van der Waals surface area contributed by atoms with Gasteiger partial charge in [-0.2, -0.15) is 0 Å². The lowest BCUT2D eigenvalue weighted by atomic mass is 10.2. The van der Waals surface area contributed by atoms with Crippen LogP contribution in [0.2, 0.25) is 0 Å². The van der Waals surface area contributed by atoms with E-state index in [1.54, 1.807) is 30.3 Å². The quantitative estimate of drug-likeness (QED) is 0.835. The minimum Gasteiger partial charge on any atom is -0.397 e. The van der Waals surface area contributed by atoms with E-state index in [-0.39, 0.29) is 5.82 Å². The molecule has 0 saturated heterocycles. The summed E-state index contributed by atoms with van der Waals surface area (Å²) in [5, 5.41) is 0. The number of hydrogen-bond acceptors (Lipinski definition) is 3. The largest absolute Gasteiger partial charge is 0.397 e. The van der Waals surface area contributed by atoms with Gasteiger partial charge >= 0.3 is 0 Å². The number of nitrogens with two attached hydrogens (primary N) is 2. The first-order valence-corrected chi connectivity index (χ1v) is 6.01. The summed E-state index contributed by atoms with van der Waals surface area (Å²) >= 11 is 1.36. The standard InChI is InChI=1S/C13H11FN2OS/c14-8-4-6-9(7-5-8)18-11-3-1-2-10(12(11)15)13(16)17/h1-7H,15H2,(H2,16,17). The molecule has 0 spiro atoms. The molecule has 0 aliphatic rings. The van der Waals surface area contributed by atoms with Crippen molar-refractivity contribution in [3.05, 3.63) is 53.8 Å². The second kappa shape index (κ2) is 5.10. The van der Waals surface area contributed by atoms with Crippen LogP contribution in [0.3, 0.4) is 0 Å². The Labute approximate surface area is 108 Å². The third-order valence-electron chi connectivity index (χ3n) is 2.37. The molecule has 0 unspecified atom stereocenters. The van der Waals surface area contributed by atoms with Gasteiger partial charge in [0.2, 0.25) is 0 Å². The van der Waals surface area contributed by atoms with Gasteiger partial charge in [0.05, 0.1) is 11.3 Å². The van der Waals surface area contributed by atoms with Crippen LogP contribution in [0, 0.1) is 5.82 Å². The van der Waals surface area contributed by atoms with Crippen LogP contribution in [0.15, 0.2) is 52.3 Å². The molecule has 0 bridgehead atoms. The van der Waals surface area contributed by atoms with Crippen molar-refractivity contribution in [3.63, 3.8) is 0 Å². The summed E-state index contributed by atoms with van der Waals surface area (Å²) in [5.41, 5.74) is 11.7. The van der Waals surface area contributed by atoms with Gasteiger partial charge in [-0.05, 0) is 36.4 Å². The number of halogens is 1. The van der Waals surface area contributed by atoms with Crippen molar-refractivity contribution in [3.8, 4) is 0 Å². The molecular weight excluding hydrogens is 251 g/mol. The van der Waals surface area contributed by atoms with Crippen molar-refractivity contribution < 1.29 is 9.18 Å². The molecule has 18 heavy (non-hydrogen) atoms. The predicted octanol–water partition coefficient (Wildman–Crippen LogP) is 2.66. The SMILES string of the molecule is NC(=O)c1cccc(Sc2ccc(F)cc2)c1N. The molecule has 3 nitrogen and oxygen atoms in total. The number of benzene rings is 2. The van der Waals surface area contributed by atoms with E-state index in [4.69, 9.17) is 11.5 Å². The Morgan fingerprint density at radius 3 is 2.39 bits per heavy atom. The highest BCUT2D eigenvalue weighted by molar-refractivity contribution is 7.99. The summed E-state index contributed by atoms with van der Waals surface area (Å²) in [4.78, 5) is 12.7. The average Bonchev–Trinajstić information content (AvgIpc) is 2.34. The molecule has 0 fully saturated rings. The highest BCUT2D eigenvalue weighted by Gasteiger charge is 2.10. The molecule has 2 rings (SSSR count). The molecule has 0 heterocycles. The van der Waals surface area contributed by atoms with Crippen LogP contribution in [-0.4, -0.2) is 5.91 Å². The zero-order chi connectivity index (χ0) is 13.1. The Bertz CT molecular complexity index is 584. The maximum absolute atomic E-state index is 12.8. The summed E-state index contributed by atoms with van der Waals surface area (Å²) in [7, 11) is 0. The lowest BCUT2D eigenvalue weighted by molar-refractivity contribution is 0.100. The normalized spacial score (nSPS) is 10.3. The molecule has 2 aromatic rings. The number of hydrogen-bond donors (Lipinski definition) is 2. The highest BCUT2D eigenvalue weighted by Crippen LogP contribution is 2.33. The van der Waals surface area contributed by atoms with Gasteiger partial charge in [-0.1, -0.05) is 17.8 Å². The number of anilines is 1. The monoisotopic (exact) mass is 262 g/mol. The van der Waals surface area contributed by atoms with Gasteiger partial charge in [0.15, 0.2) is 0 Å². The number of amides is 1. The second-order valence-corrected chi connectivity index (χ2v) is 4.75. The van der Waals surface area contributed by atoms with Crippen molar-refractivity contribution in [1.29, 1.82) is 0 Å². The highest BCUT2D eigenvalue weighted by atomic mass is 32.2. The van der Waals surface area contributed by atoms with Gasteiger partial charge in [0.25, 0.3) is 5.91 Å². The predicted molar refractivity (Wildman–Crippen MR) is 69.9 cm³/mol. The lowest BCUT2D eigenvalue weighted by Crippen LogP contribution is -2.13. The van der Waals surface area contributed by atoms with E-state index in [0.29, 0.717) is 11.3 Å². The van der Waals surface area contributed by atoms with Crippen molar-refractivity contribution in [1.82, 2.24) is 0 Å². The Hall–Kier alpha value is -2.01. The van der Waals surface area contributed by atoms with Crippen LogP contribution in [0.25, 0.3) is 0 Å². The van der Waals surface area contributed by atoms with Crippen molar-refractivity contribution in [2.24, 2.45) is 5.73 Å². The first-order valence-electron chi connectivity index (χ1n) is 5.19. The van der Waals surface area contributed by atoms with Crippen LogP contribution in [0.1, 0.15) is 10.4 Å². The number of carbonyl (C=O) groups is 1. The molecule has 4 N–H and O–H groups in total. The van der Waals surface area contributed by atoms with E-state index in [0.717, 1.165) is 9.79 Å². The molecule has 0 aliphatic heterocycles. The molecule has 0 radical (unpaired) electrons. The van der Waals surface area contributed by atoms with Crippen molar-refractivity contribution in [2.45, 2.75) is 9.79 Å². The summed E-state index contributed by atoms with van der Waals surface area (Å²) in [5.74, 6) is -0.854. The molecule has 2 aromatic carbocycles. The van der Waals surface area contributed by atoms with Crippen LogP contribution in [-0.2, 0) is 0 Å². The van der Waals surface area contributed by atoms with E-state index >= 15 is 0 Å². The van der Waals surface area contributed by atoms with Gasteiger partial charge in [0.1, 0.15) is 5.82 Å². The van der Waals surface area contributed by atoms with Crippen LogP contribution in [0.4, 0.5) is 10.1 Å². The molecule has 5 heteroatoms. The van der Waals surface area contributed by atoms with E-state index in [9.17, 15) is 9.18 Å². The first-order chi connectivity index (χ1) is 8.58. The Morgan fingerprint density at radius 2 is 1.78 bits per heavy atom. The number of nitrogen functional groups attached to an aromatic ring is 1. The van der Waals surface area contributed by atoms with Crippen LogP contribution in [0.5, 0.6) is 0 Å². The summed E-state index contributed by atoms with van der Waals surface area (Å²) in [6, 6.07) is 11.1. The van der Waals surface area contributed by atoms with Gasteiger partial charge in [-0.25, -0.2) is 4.39 Å². The van der Waals surface area contributed by atoms with E-state index in [2.05, 4.69) is 0 Å². The van der Waals surface area contributed by atoms with Gasteiger partial charge < -0.3 is 11.5 Å². The first kappa shape index (κ1) is 12.4. The Balaban J connectivity index is 2.32. The average molecular weight is 262 g/mol. The summed E-state index contributed by atoms with van der Waals surface area (Å²) < 4.78 is 12.8. The van der Waals surface area contributed by atoms with Crippen LogP contribution >= 0.6 is 11.8 Å². The molecule has 1 amide bonds. The maximum Gasteiger partial charge on any atom is 0.250 e. The lowest BCUT2D eigenvalue weighted by Gasteiger charge is -2.08. The molecule has 92 valence electrons. The minimum absolute atomic E-state index is 0.293. The summed E-state index contributed by atoms with van der Waals surface area (Å²) in [6.45, 7) is 0. The third-order valence-corrected chi connectivity index (χ3v) is 3.46. The summed E-state index contributed by atoms with van der Waals surface area (Å²) in [6.07, 6.45) is 0. The molecular formula is C13H11FN2OS. The Morgan fingerprint density at radius 1 is 1.11 bits per heavy atom. The second-order valence-electron chi connectivity index (χ2n) is 3.64. The van der Waals surface area contributed by atoms with E-state index < -0.39 is 5.91 Å². The zero-order valence-electron chi connectivity index (χ0n) is 9.39. The fourth-order valence-electron chi connectivity index (χ4n) is 1.48. The van der Waals surface area contributed by atoms with Gasteiger partial charge in [-0.15, -0.1) is 0 Å². The van der Waals surface area contributed by atoms with Gasteiger partial charge in [0, 0.05) is 9.79 Å². The topological polar surface area (TPSA) is 69.1 Å². The number of para-hydroxylation sites is 1. The van der Waals surface area contributed by atoms with E-state index in [1.807, 2.05) is 0 Å². The number of primary amides is 1. The third kappa shape index (κ3) is 2.62. The maximum atomic E-state index is 12.8. The van der Waals surface area contributed by atoms with Gasteiger partial charge in [-0.3, -0.25) is 4.79 Å². The van der Waals surface area contributed by atoms with Crippen molar-refractivity contribution in [2.75, 3.05) is 5.73 Å². The Kier molecular flexibility index (Phi) is 3.53. The van der Waals surface area contributed by atoms with Crippen molar-refractivity contribution >= 4 is 23.4 Å². The fraction of sp³-hybridized carbons (Fsp3) is 0. The number of carbonyl (C=O) groups excluding carboxylic acids is 1. The molecule has 0 aromatic heterocycles. The molecule has 0 saturated carbocycles. The zero-order valence-corrected chi connectivity index (χ0v) is 10.2. The fourth-order valence-corrected chi connectivity index (χ4v) is 2.37. The van der Waals surface area contributed by atoms with E-state index in [1.165, 1.54) is 23.9 Å².